The summed E-state index contributed by atoms with van der Waals surface area (Å²) >= 11 is 0. The molecule has 4 N–H and O–H groups in total. The lowest BCUT2D eigenvalue weighted by molar-refractivity contribution is 0.0949. The summed E-state index contributed by atoms with van der Waals surface area (Å²) in [7, 11) is 0. The van der Waals surface area contributed by atoms with Gasteiger partial charge in [0.25, 0.3) is 11.8 Å². The van der Waals surface area contributed by atoms with Crippen LogP contribution in [0.2, 0.25) is 0 Å². The predicted octanol–water partition coefficient (Wildman–Crippen LogP) is 2.86. The van der Waals surface area contributed by atoms with Crippen molar-refractivity contribution in [2.24, 2.45) is 0 Å². The lowest BCUT2D eigenvalue weighted by Crippen LogP contribution is -2.25. The number of nitrogen functional groups attached to an aromatic ring is 1. The fourth-order valence-corrected chi connectivity index (χ4v) is 2.32. The van der Waals surface area contributed by atoms with Crippen LogP contribution in [0.4, 0.5) is 15.8 Å². The SMILES string of the molecule is Cc1ccc(C(=O)NC2CC2)cc1NC(=O)c1ccc(F)cc1N. The van der Waals surface area contributed by atoms with Gasteiger partial charge in [-0.1, -0.05) is 6.07 Å². The summed E-state index contributed by atoms with van der Waals surface area (Å²) in [4.78, 5) is 24.5. The molecule has 124 valence electrons. The van der Waals surface area contributed by atoms with Crippen LogP contribution in [0.3, 0.4) is 0 Å². The molecule has 24 heavy (non-hydrogen) atoms. The molecule has 1 fully saturated rings. The maximum Gasteiger partial charge on any atom is 0.257 e. The van der Waals surface area contributed by atoms with Crippen molar-refractivity contribution in [2.45, 2.75) is 25.8 Å². The zero-order valence-electron chi connectivity index (χ0n) is 13.2. The van der Waals surface area contributed by atoms with Crippen molar-refractivity contribution in [2.75, 3.05) is 11.1 Å². The van der Waals surface area contributed by atoms with Crippen molar-refractivity contribution in [3.05, 3.63) is 58.9 Å². The molecule has 0 radical (unpaired) electrons. The van der Waals surface area contributed by atoms with Gasteiger partial charge in [0.1, 0.15) is 5.82 Å². The number of nitrogens with one attached hydrogen (secondary N) is 2. The normalized spacial score (nSPS) is 13.4. The first kappa shape index (κ1) is 16.0. The Morgan fingerprint density at radius 1 is 1.12 bits per heavy atom. The lowest BCUT2D eigenvalue weighted by Gasteiger charge is -2.12. The van der Waals surface area contributed by atoms with Crippen LogP contribution in [-0.4, -0.2) is 17.9 Å². The molecule has 0 heterocycles. The highest BCUT2D eigenvalue weighted by Gasteiger charge is 2.24. The molecule has 0 saturated heterocycles. The van der Waals surface area contributed by atoms with Crippen molar-refractivity contribution in [3.8, 4) is 0 Å². The minimum Gasteiger partial charge on any atom is -0.398 e. The van der Waals surface area contributed by atoms with E-state index in [-0.39, 0.29) is 23.2 Å². The van der Waals surface area contributed by atoms with Crippen LogP contribution in [0.5, 0.6) is 0 Å². The van der Waals surface area contributed by atoms with Gasteiger partial charge in [-0.15, -0.1) is 0 Å². The first-order valence-electron chi connectivity index (χ1n) is 7.72. The van der Waals surface area contributed by atoms with E-state index in [2.05, 4.69) is 10.6 Å². The van der Waals surface area contributed by atoms with Gasteiger partial charge in [0.15, 0.2) is 0 Å². The summed E-state index contributed by atoms with van der Waals surface area (Å²) in [6.07, 6.45) is 2.01. The van der Waals surface area contributed by atoms with Gasteiger partial charge >= 0.3 is 0 Å². The second-order valence-corrected chi connectivity index (χ2v) is 5.96. The molecule has 0 spiro atoms. The van der Waals surface area contributed by atoms with Gasteiger partial charge in [-0.3, -0.25) is 9.59 Å². The summed E-state index contributed by atoms with van der Waals surface area (Å²) in [5.41, 5.74) is 7.75. The third-order valence-electron chi connectivity index (χ3n) is 3.92. The van der Waals surface area contributed by atoms with E-state index in [1.807, 2.05) is 6.92 Å². The van der Waals surface area contributed by atoms with Crippen LogP contribution < -0.4 is 16.4 Å². The Labute approximate surface area is 139 Å². The van der Waals surface area contributed by atoms with Gasteiger partial charge in [-0.2, -0.15) is 0 Å². The third kappa shape index (κ3) is 3.53. The second kappa shape index (κ2) is 6.31. The number of nitrogens with two attached hydrogens (primary N) is 1. The second-order valence-electron chi connectivity index (χ2n) is 5.96. The molecule has 0 unspecified atom stereocenters. The number of benzene rings is 2. The van der Waals surface area contributed by atoms with E-state index in [1.54, 1.807) is 18.2 Å². The van der Waals surface area contributed by atoms with E-state index >= 15 is 0 Å². The third-order valence-corrected chi connectivity index (χ3v) is 3.92. The smallest absolute Gasteiger partial charge is 0.257 e. The van der Waals surface area contributed by atoms with E-state index < -0.39 is 11.7 Å². The quantitative estimate of drug-likeness (QED) is 0.755. The zero-order valence-corrected chi connectivity index (χ0v) is 13.2. The molecule has 3 rings (SSSR count). The number of carbonyl (C=O) groups is 2. The summed E-state index contributed by atoms with van der Waals surface area (Å²) in [6, 6.07) is 8.99. The Morgan fingerprint density at radius 3 is 2.54 bits per heavy atom. The standard InChI is InChI=1S/C18H18FN3O2/c1-10-2-3-11(17(23)21-13-5-6-13)8-16(10)22-18(24)14-7-4-12(19)9-15(14)20/h2-4,7-9,13H,5-6,20H2,1H3,(H,21,23)(H,22,24). The van der Waals surface area contributed by atoms with Crippen molar-refractivity contribution in [1.82, 2.24) is 5.32 Å². The van der Waals surface area contributed by atoms with Crippen LogP contribution in [0, 0.1) is 12.7 Å². The Morgan fingerprint density at radius 2 is 1.88 bits per heavy atom. The largest absolute Gasteiger partial charge is 0.398 e. The van der Waals surface area contributed by atoms with Gasteiger partial charge in [0.05, 0.1) is 5.56 Å². The highest BCUT2D eigenvalue weighted by Crippen LogP contribution is 2.22. The highest BCUT2D eigenvalue weighted by molar-refractivity contribution is 6.08. The maximum atomic E-state index is 13.1. The van der Waals surface area contributed by atoms with Gasteiger partial charge in [-0.05, 0) is 55.7 Å². The zero-order chi connectivity index (χ0) is 17.3. The number of aryl methyl sites for hydroxylation is 1. The number of amides is 2. The molecule has 0 aromatic heterocycles. The van der Waals surface area contributed by atoms with E-state index in [0.717, 1.165) is 24.5 Å². The van der Waals surface area contributed by atoms with E-state index in [0.29, 0.717) is 11.3 Å². The van der Waals surface area contributed by atoms with E-state index in [4.69, 9.17) is 5.73 Å². The average Bonchev–Trinajstić information content (AvgIpc) is 3.33. The van der Waals surface area contributed by atoms with Crippen LogP contribution in [0.25, 0.3) is 0 Å². The van der Waals surface area contributed by atoms with E-state index in [1.165, 1.54) is 12.1 Å². The van der Waals surface area contributed by atoms with E-state index in [9.17, 15) is 14.0 Å². The van der Waals surface area contributed by atoms with Crippen LogP contribution in [0.15, 0.2) is 36.4 Å². The topological polar surface area (TPSA) is 84.2 Å². The minimum absolute atomic E-state index is 0.0628. The number of halogens is 1. The summed E-state index contributed by atoms with van der Waals surface area (Å²) in [5.74, 6) is -1.11. The molecule has 2 aromatic rings. The Hall–Kier alpha value is -2.89. The number of rotatable bonds is 4. The van der Waals surface area contributed by atoms with Crippen LogP contribution >= 0.6 is 0 Å². The van der Waals surface area contributed by atoms with Gasteiger partial charge in [0, 0.05) is 23.0 Å². The van der Waals surface area contributed by atoms with Crippen LogP contribution in [-0.2, 0) is 0 Å². The molecule has 2 aromatic carbocycles. The molecule has 0 atom stereocenters. The summed E-state index contributed by atoms with van der Waals surface area (Å²) in [5, 5.41) is 5.63. The Balaban J connectivity index is 1.80. The molecule has 1 saturated carbocycles. The summed E-state index contributed by atoms with van der Waals surface area (Å²) in [6.45, 7) is 1.83. The van der Waals surface area contributed by atoms with Crippen molar-refractivity contribution in [1.29, 1.82) is 0 Å². The van der Waals surface area contributed by atoms with Gasteiger partial charge < -0.3 is 16.4 Å². The first-order valence-corrected chi connectivity index (χ1v) is 7.72. The molecular weight excluding hydrogens is 309 g/mol. The molecule has 6 heteroatoms. The molecule has 1 aliphatic carbocycles. The molecule has 1 aliphatic rings. The molecule has 0 aliphatic heterocycles. The monoisotopic (exact) mass is 327 g/mol. The molecule has 0 bridgehead atoms. The van der Waals surface area contributed by atoms with Gasteiger partial charge in [-0.25, -0.2) is 4.39 Å². The average molecular weight is 327 g/mol. The van der Waals surface area contributed by atoms with Crippen LogP contribution in [0.1, 0.15) is 39.1 Å². The highest BCUT2D eigenvalue weighted by atomic mass is 19.1. The fourth-order valence-electron chi connectivity index (χ4n) is 2.32. The molecule has 2 amide bonds. The van der Waals surface area contributed by atoms with Crippen molar-refractivity contribution in [3.63, 3.8) is 0 Å². The number of hydrogen-bond donors (Lipinski definition) is 3. The molecule has 5 nitrogen and oxygen atoms in total. The Kier molecular flexibility index (Phi) is 4.20. The first-order chi connectivity index (χ1) is 11.4. The fraction of sp³-hybridized carbons (Fsp3) is 0.222. The Bertz CT molecular complexity index is 816. The maximum absolute atomic E-state index is 13.1. The molecular formula is C18H18FN3O2. The number of carbonyl (C=O) groups excluding carboxylic acids is 2. The number of hydrogen-bond acceptors (Lipinski definition) is 3. The lowest BCUT2D eigenvalue weighted by atomic mass is 10.1. The number of anilines is 2. The van der Waals surface area contributed by atoms with Gasteiger partial charge in [0.2, 0.25) is 0 Å². The van der Waals surface area contributed by atoms with Crippen molar-refractivity contribution < 1.29 is 14.0 Å². The summed E-state index contributed by atoms with van der Waals surface area (Å²) < 4.78 is 13.1. The van der Waals surface area contributed by atoms with Crippen molar-refractivity contribution >= 4 is 23.2 Å². The predicted molar refractivity (Wildman–Crippen MR) is 90.4 cm³/mol. The minimum atomic E-state index is -0.501.